The molecule has 6 nitrogen and oxygen atoms in total. The zero-order valence-corrected chi connectivity index (χ0v) is 36.4. The molecule has 0 aliphatic heterocycles. The maximum Gasteiger partial charge on any atom is 0.249 e. The summed E-state index contributed by atoms with van der Waals surface area (Å²) in [6.07, 6.45) is 52.1. The maximum absolute atomic E-state index is 12.5. The zero-order chi connectivity index (χ0) is 40.3. The van der Waals surface area contributed by atoms with Gasteiger partial charge in [-0.1, -0.05) is 204 Å². The van der Waals surface area contributed by atoms with E-state index in [0.29, 0.717) is 19.3 Å². The van der Waals surface area contributed by atoms with Crippen molar-refractivity contribution >= 4 is 5.91 Å². The van der Waals surface area contributed by atoms with Crippen LogP contribution in [-0.4, -0.2) is 57.3 Å². The number of hydrogen-bond acceptors (Lipinski definition) is 5. The minimum Gasteiger partial charge on any atom is -0.394 e. The first kappa shape index (κ1) is 53.5. The highest BCUT2D eigenvalue weighted by atomic mass is 16.3. The number of rotatable bonds is 43. The van der Waals surface area contributed by atoms with Crippen LogP contribution in [0.3, 0.4) is 0 Å². The number of allylic oxidation sites excluding steroid dienone is 6. The van der Waals surface area contributed by atoms with Crippen molar-refractivity contribution in [2.75, 3.05) is 6.61 Å². The molecule has 0 aliphatic rings. The highest BCUT2D eigenvalue weighted by Crippen LogP contribution is 2.16. The van der Waals surface area contributed by atoms with Crippen molar-refractivity contribution in [1.29, 1.82) is 0 Å². The first-order chi connectivity index (χ1) is 27.0. The minimum absolute atomic E-state index is 0.360. The van der Waals surface area contributed by atoms with Gasteiger partial charge in [-0.2, -0.15) is 0 Å². The Kier molecular flexibility index (Phi) is 42.5. The summed E-state index contributed by atoms with van der Waals surface area (Å²) in [6, 6.07) is -1.01. The van der Waals surface area contributed by atoms with E-state index in [-0.39, 0.29) is 0 Å². The summed E-state index contributed by atoms with van der Waals surface area (Å²) in [5, 5.41) is 43.6. The molecule has 0 heterocycles. The van der Waals surface area contributed by atoms with Gasteiger partial charge in [0.25, 0.3) is 0 Å². The van der Waals surface area contributed by atoms with E-state index in [4.69, 9.17) is 0 Å². The molecule has 4 atom stereocenters. The predicted molar refractivity (Wildman–Crippen MR) is 237 cm³/mol. The Bertz CT molecular complexity index is 873. The van der Waals surface area contributed by atoms with Gasteiger partial charge in [-0.15, -0.1) is 0 Å². The average molecular weight is 776 g/mol. The van der Waals surface area contributed by atoms with Crippen LogP contribution in [0.1, 0.15) is 239 Å². The van der Waals surface area contributed by atoms with Crippen LogP contribution in [0.25, 0.3) is 0 Å². The van der Waals surface area contributed by atoms with Gasteiger partial charge in [0.15, 0.2) is 0 Å². The van der Waals surface area contributed by atoms with Crippen molar-refractivity contribution in [2.24, 2.45) is 0 Å². The number of aliphatic hydroxyl groups excluding tert-OH is 4. The van der Waals surface area contributed by atoms with Gasteiger partial charge in [0.1, 0.15) is 12.2 Å². The van der Waals surface area contributed by atoms with E-state index in [1.165, 1.54) is 161 Å². The maximum atomic E-state index is 12.5. The lowest BCUT2D eigenvalue weighted by Gasteiger charge is -2.27. The second-order valence-electron chi connectivity index (χ2n) is 16.4. The van der Waals surface area contributed by atoms with E-state index >= 15 is 0 Å². The number of nitrogens with one attached hydrogen (secondary N) is 1. The minimum atomic E-state index is -1.29. The molecular formula is C49H93NO5. The lowest BCUT2D eigenvalue weighted by molar-refractivity contribution is -0.132. The fraction of sp³-hybridized carbons (Fsp3) is 0.857. The van der Waals surface area contributed by atoms with E-state index < -0.39 is 36.9 Å². The molecule has 0 spiro atoms. The van der Waals surface area contributed by atoms with E-state index in [1.807, 2.05) is 0 Å². The number of carbonyl (C=O) groups excluding carboxylic acids is 1. The second-order valence-corrected chi connectivity index (χ2v) is 16.4. The van der Waals surface area contributed by atoms with Crippen molar-refractivity contribution in [3.8, 4) is 0 Å². The van der Waals surface area contributed by atoms with Crippen molar-refractivity contribution in [3.63, 3.8) is 0 Å². The van der Waals surface area contributed by atoms with Crippen LogP contribution < -0.4 is 5.32 Å². The zero-order valence-electron chi connectivity index (χ0n) is 36.4. The van der Waals surface area contributed by atoms with Crippen LogP contribution in [0.2, 0.25) is 0 Å². The molecule has 6 heteroatoms. The molecule has 4 unspecified atom stereocenters. The van der Waals surface area contributed by atoms with Crippen LogP contribution in [0.5, 0.6) is 0 Å². The van der Waals surface area contributed by atoms with Crippen LogP contribution in [0, 0.1) is 0 Å². The lowest BCUT2D eigenvalue weighted by atomic mass is 10.00. The molecule has 1 amide bonds. The van der Waals surface area contributed by atoms with Crippen molar-refractivity contribution in [1.82, 2.24) is 5.32 Å². The molecule has 0 saturated heterocycles. The first-order valence-corrected chi connectivity index (χ1v) is 23.9. The van der Waals surface area contributed by atoms with Gasteiger partial charge >= 0.3 is 0 Å². The largest absolute Gasteiger partial charge is 0.394 e. The number of unbranched alkanes of at least 4 members (excludes halogenated alkanes) is 28. The van der Waals surface area contributed by atoms with E-state index in [9.17, 15) is 25.2 Å². The summed E-state index contributed by atoms with van der Waals surface area (Å²) in [5.74, 6) is -0.599. The fourth-order valence-corrected chi connectivity index (χ4v) is 7.23. The first-order valence-electron chi connectivity index (χ1n) is 23.9. The Morgan fingerprint density at radius 1 is 0.436 bits per heavy atom. The summed E-state index contributed by atoms with van der Waals surface area (Å²) in [7, 11) is 0. The van der Waals surface area contributed by atoms with Gasteiger partial charge in [0.05, 0.1) is 18.8 Å². The van der Waals surface area contributed by atoms with Gasteiger partial charge in [-0.25, -0.2) is 0 Å². The summed E-state index contributed by atoms with van der Waals surface area (Å²) in [4.78, 5) is 12.5. The normalized spacial score (nSPS) is 14.4. The van der Waals surface area contributed by atoms with Gasteiger partial charge in [0.2, 0.25) is 5.91 Å². The Labute approximate surface area is 341 Å². The fourth-order valence-electron chi connectivity index (χ4n) is 7.23. The topological polar surface area (TPSA) is 110 Å². The third-order valence-electron chi connectivity index (χ3n) is 11.1. The summed E-state index contributed by atoms with van der Waals surface area (Å²) in [5.41, 5.74) is 0. The monoisotopic (exact) mass is 776 g/mol. The summed E-state index contributed by atoms with van der Waals surface area (Å²) in [6.45, 7) is 3.99. The van der Waals surface area contributed by atoms with Crippen molar-refractivity contribution in [2.45, 2.75) is 263 Å². The van der Waals surface area contributed by atoms with Gasteiger partial charge in [-0.3, -0.25) is 4.79 Å². The molecule has 0 aromatic rings. The standard InChI is InChI=1S/C49H93NO5/c1-3-5-7-9-11-13-15-16-17-18-19-20-21-22-23-24-25-26-27-28-29-30-31-33-35-37-39-41-43-47(53)49(55)50-45(44-51)48(54)46(52)42-40-38-36-34-32-14-12-10-8-6-4-2/h10,12,22-23,34,36,45-48,51-54H,3-9,11,13-21,24-33,35,37-44H2,1-2H3,(H,50,55)/b12-10+,23-22-,36-34+. The number of amides is 1. The van der Waals surface area contributed by atoms with Crippen molar-refractivity contribution < 1.29 is 25.2 Å². The molecule has 0 radical (unpaired) electrons. The number of aliphatic hydroxyl groups is 4. The molecular weight excluding hydrogens is 683 g/mol. The molecule has 0 aromatic carbocycles. The van der Waals surface area contributed by atoms with Crippen molar-refractivity contribution in [3.05, 3.63) is 36.5 Å². The van der Waals surface area contributed by atoms with Gasteiger partial charge in [-0.05, 0) is 70.6 Å². The van der Waals surface area contributed by atoms with Crippen LogP contribution in [-0.2, 0) is 4.79 Å². The van der Waals surface area contributed by atoms with Crippen LogP contribution >= 0.6 is 0 Å². The summed E-state index contributed by atoms with van der Waals surface area (Å²) < 4.78 is 0. The molecule has 0 aromatic heterocycles. The van der Waals surface area contributed by atoms with Gasteiger partial charge < -0.3 is 25.7 Å². The molecule has 0 bridgehead atoms. The quantitative estimate of drug-likeness (QED) is 0.0313. The Hall–Kier alpha value is -1.47. The Balaban J connectivity index is 3.63. The molecule has 5 N–H and O–H groups in total. The molecule has 324 valence electrons. The Morgan fingerprint density at radius 3 is 1.20 bits per heavy atom. The van der Waals surface area contributed by atoms with E-state index in [0.717, 1.165) is 44.9 Å². The molecule has 0 fully saturated rings. The molecule has 0 saturated carbocycles. The van der Waals surface area contributed by atoms with E-state index in [1.54, 1.807) is 0 Å². The molecule has 55 heavy (non-hydrogen) atoms. The number of hydrogen-bond donors (Lipinski definition) is 5. The Morgan fingerprint density at radius 2 is 0.782 bits per heavy atom. The lowest BCUT2D eigenvalue weighted by Crippen LogP contribution is -2.53. The van der Waals surface area contributed by atoms with Crippen LogP contribution in [0.4, 0.5) is 0 Å². The second kappa shape index (κ2) is 43.6. The highest BCUT2D eigenvalue weighted by molar-refractivity contribution is 5.80. The summed E-state index contributed by atoms with van der Waals surface area (Å²) >= 11 is 0. The SMILES string of the molecule is CCCC/C=C/CC/C=C/CCCC(O)C(O)C(CO)NC(=O)C(O)CCCCCCCCCCCCCC/C=C\CCCCCCCCCCCCCC. The smallest absolute Gasteiger partial charge is 0.249 e. The van der Waals surface area contributed by atoms with E-state index in [2.05, 4.69) is 55.6 Å². The third kappa shape index (κ3) is 37.8. The average Bonchev–Trinajstić information content (AvgIpc) is 3.19. The molecule has 0 aliphatic carbocycles. The molecule has 0 rings (SSSR count). The highest BCUT2D eigenvalue weighted by Gasteiger charge is 2.28. The third-order valence-corrected chi connectivity index (χ3v) is 11.1. The number of carbonyl (C=O) groups is 1. The predicted octanol–water partition coefficient (Wildman–Crippen LogP) is 12.9. The van der Waals surface area contributed by atoms with Crippen LogP contribution in [0.15, 0.2) is 36.5 Å². The van der Waals surface area contributed by atoms with Gasteiger partial charge in [0, 0.05) is 0 Å².